The maximum atomic E-state index is 13.3. The van der Waals surface area contributed by atoms with Gasteiger partial charge in [-0.2, -0.15) is 0 Å². The molecule has 0 aromatic rings. The molecule has 0 aliphatic heterocycles. The van der Waals surface area contributed by atoms with Gasteiger partial charge in [0.15, 0.2) is 0 Å². The average molecular weight is 695 g/mol. The van der Waals surface area contributed by atoms with Crippen LogP contribution in [0.1, 0.15) is 203 Å². The van der Waals surface area contributed by atoms with Crippen molar-refractivity contribution in [2.75, 3.05) is 0 Å². The number of esters is 1. The Kier molecular flexibility index (Phi) is 12.7. The van der Waals surface area contributed by atoms with Crippen molar-refractivity contribution >= 4 is 11.9 Å². The molecule has 0 spiro atoms. The van der Waals surface area contributed by atoms with E-state index in [1.165, 1.54) is 115 Å². The molecule has 1 N–H and O–H groups in total. The van der Waals surface area contributed by atoms with Crippen LogP contribution in [-0.4, -0.2) is 23.1 Å². The van der Waals surface area contributed by atoms with E-state index in [0.717, 1.165) is 43.9 Å². The van der Waals surface area contributed by atoms with Crippen molar-refractivity contribution in [3.8, 4) is 0 Å². The molecular weight excluding hydrogens is 617 g/mol. The van der Waals surface area contributed by atoms with Gasteiger partial charge in [0.05, 0.1) is 0 Å². The summed E-state index contributed by atoms with van der Waals surface area (Å²) in [6, 6.07) is 0. The Hall–Kier alpha value is -1.32. The Balaban J connectivity index is 1.16. The summed E-state index contributed by atoms with van der Waals surface area (Å²) in [6.07, 6.45) is 27.9. The number of hydrogen-bond donors (Lipinski definition) is 1. The summed E-state index contributed by atoms with van der Waals surface area (Å²) in [5.41, 5.74) is 1.19. The minimum absolute atomic E-state index is 0.0251. The van der Waals surface area contributed by atoms with E-state index in [1.54, 1.807) is 0 Å². The van der Waals surface area contributed by atoms with Gasteiger partial charge in [0.25, 0.3) is 0 Å². The number of rotatable bonds is 17. The van der Waals surface area contributed by atoms with Crippen molar-refractivity contribution in [2.45, 2.75) is 209 Å². The van der Waals surface area contributed by atoms with E-state index in [9.17, 15) is 14.7 Å². The quantitative estimate of drug-likeness (QED) is 0.0935. The summed E-state index contributed by atoms with van der Waals surface area (Å²) >= 11 is 0. The lowest BCUT2D eigenvalue weighted by atomic mass is 9.32. The molecule has 286 valence electrons. The van der Waals surface area contributed by atoms with Gasteiger partial charge in [-0.05, 0) is 136 Å². The Morgan fingerprint density at radius 1 is 0.680 bits per heavy atom. The van der Waals surface area contributed by atoms with Gasteiger partial charge in [0, 0.05) is 6.42 Å². The summed E-state index contributed by atoms with van der Waals surface area (Å²) in [5.74, 6) is 1.69. The van der Waals surface area contributed by atoms with E-state index in [0.29, 0.717) is 30.1 Å². The van der Waals surface area contributed by atoms with Gasteiger partial charge in [-0.1, -0.05) is 124 Å². The number of carboxylic acid groups (broad SMARTS) is 1. The van der Waals surface area contributed by atoms with Crippen LogP contribution < -0.4 is 0 Å². The third-order valence-electron chi connectivity index (χ3n) is 17.3. The van der Waals surface area contributed by atoms with Crippen LogP contribution >= 0.6 is 0 Å². The summed E-state index contributed by atoms with van der Waals surface area (Å²) in [5, 5.41) is 10.9. The number of aliphatic carboxylic acids is 1. The van der Waals surface area contributed by atoms with Crippen molar-refractivity contribution in [3.05, 3.63) is 12.2 Å². The number of unbranched alkanes of at least 4 members (excludes halogenated alkanes) is 12. The fourth-order valence-electron chi connectivity index (χ4n) is 14.1. The van der Waals surface area contributed by atoms with Gasteiger partial charge >= 0.3 is 11.9 Å². The van der Waals surface area contributed by atoms with Gasteiger partial charge in [-0.25, -0.2) is 0 Å². The number of carbonyl (C=O) groups is 2. The zero-order valence-corrected chi connectivity index (χ0v) is 33.8. The Morgan fingerprint density at radius 3 is 1.86 bits per heavy atom. The average Bonchev–Trinajstić information content (AvgIpc) is 3.42. The van der Waals surface area contributed by atoms with Crippen LogP contribution in [0.5, 0.6) is 0 Å². The highest BCUT2D eigenvalue weighted by Crippen LogP contribution is 2.77. The lowest BCUT2D eigenvalue weighted by Crippen LogP contribution is -2.68. The van der Waals surface area contributed by atoms with Gasteiger partial charge in [0.1, 0.15) is 11.5 Å². The summed E-state index contributed by atoms with van der Waals surface area (Å²) in [6.45, 7) is 21.3. The van der Waals surface area contributed by atoms with Crippen LogP contribution in [-0.2, 0) is 14.3 Å². The normalized spacial score (nSPS) is 42.1. The Bertz CT molecular complexity index is 1190. The van der Waals surface area contributed by atoms with Crippen molar-refractivity contribution in [1.29, 1.82) is 0 Å². The van der Waals surface area contributed by atoms with E-state index >= 15 is 0 Å². The molecule has 4 nitrogen and oxygen atoms in total. The molecule has 5 saturated carbocycles. The van der Waals surface area contributed by atoms with Gasteiger partial charge < -0.3 is 9.84 Å². The molecule has 50 heavy (non-hydrogen) atoms. The predicted octanol–water partition coefficient (Wildman–Crippen LogP) is 13.1. The maximum Gasteiger partial charge on any atom is 0.313 e. The van der Waals surface area contributed by atoms with E-state index in [-0.39, 0.29) is 28.1 Å². The smallest absolute Gasteiger partial charge is 0.313 e. The highest BCUT2D eigenvalue weighted by atomic mass is 16.5. The van der Waals surface area contributed by atoms with Crippen LogP contribution in [0.4, 0.5) is 0 Å². The summed E-state index contributed by atoms with van der Waals surface area (Å²) in [7, 11) is 0. The minimum atomic E-state index is -1.04. The molecule has 0 aromatic carbocycles. The SMILES string of the molecule is C=C(C)[C@@H]1CC[C@]2(C)CC[C@]3(C)[C@H](CC[C@@H]4[C@@]5(C)CC[C@H](OC(=O)CCCCCCCCCCCCCCC)[C@](C)(C(=O)O)[C@@H]5CC[C@]43C)[C@@H]12. The lowest BCUT2D eigenvalue weighted by Gasteiger charge is -2.72. The van der Waals surface area contributed by atoms with Crippen molar-refractivity contribution < 1.29 is 19.4 Å². The molecule has 5 aliphatic carbocycles. The number of carbonyl (C=O) groups excluding carboxylic acids is 1. The Morgan fingerprint density at radius 2 is 1.28 bits per heavy atom. The second-order valence-corrected chi connectivity index (χ2v) is 19.9. The van der Waals surface area contributed by atoms with Crippen LogP contribution in [0.15, 0.2) is 12.2 Å². The molecule has 0 saturated heterocycles. The number of fused-ring (bicyclic) bond motifs is 7. The van der Waals surface area contributed by atoms with Crippen LogP contribution in [0.25, 0.3) is 0 Å². The van der Waals surface area contributed by atoms with Gasteiger partial charge in [-0.3, -0.25) is 9.59 Å². The molecule has 5 rings (SSSR count). The molecule has 5 aliphatic rings. The minimum Gasteiger partial charge on any atom is -0.481 e. The molecule has 0 amide bonds. The zero-order chi connectivity index (χ0) is 36.4. The van der Waals surface area contributed by atoms with Gasteiger partial charge in [-0.15, -0.1) is 0 Å². The first-order chi connectivity index (χ1) is 23.7. The van der Waals surface area contributed by atoms with Crippen molar-refractivity contribution in [1.82, 2.24) is 0 Å². The summed E-state index contributed by atoms with van der Waals surface area (Å²) in [4.78, 5) is 26.6. The molecule has 0 bridgehead atoms. The lowest BCUT2D eigenvalue weighted by molar-refractivity contribution is -0.252. The zero-order valence-electron chi connectivity index (χ0n) is 33.8. The molecule has 0 unspecified atom stereocenters. The fourth-order valence-corrected chi connectivity index (χ4v) is 14.1. The van der Waals surface area contributed by atoms with E-state index in [4.69, 9.17) is 4.74 Å². The molecule has 0 radical (unpaired) electrons. The number of carboxylic acids is 1. The van der Waals surface area contributed by atoms with E-state index in [1.807, 2.05) is 6.92 Å². The molecular formula is C46H78O4. The largest absolute Gasteiger partial charge is 0.481 e. The van der Waals surface area contributed by atoms with E-state index in [2.05, 4.69) is 48.1 Å². The first-order valence-corrected chi connectivity index (χ1v) is 21.8. The third kappa shape index (κ3) is 7.15. The molecule has 0 aromatic heterocycles. The first kappa shape index (κ1) is 39.9. The monoisotopic (exact) mass is 695 g/mol. The Labute approximate surface area is 308 Å². The van der Waals surface area contributed by atoms with Crippen LogP contribution in [0.2, 0.25) is 0 Å². The number of ether oxygens (including phenoxy) is 1. The second-order valence-electron chi connectivity index (χ2n) is 19.9. The fraction of sp³-hybridized carbons (Fsp3) is 0.913. The van der Waals surface area contributed by atoms with Gasteiger partial charge in [0.2, 0.25) is 0 Å². The van der Waals surface area contributed by atoms with E-state index < -0.39 is 17.5 Å². The molecule has 0 heterocycles. The standard InChI is InChI=1S/C46H78O4/c1-9-10-11-12-13-14-15-16-17-18-19-20-21-22-39(47)50-38-27-29-43(5)36-24-23-35-40-34(33(2)3)25-28-42(40,4)31-32-44(35,6)45(36,7)30-26-37(43)46(38,8)41(48)49/h34-38,40H,2,9-32H2,1,3-8H3,(H,48,49)/t34-,35+,36+,37+,38-,40+,42+,43+,44+,45+,46+/m0/s1. The summed E-state index contributed by atoms with van der Waals surface area (Å²) < 4.78 is 6.20. The maximum absolute atomic E-state index is 13.3. The first-order valence-electron chi connectivity index (χ1n) is 21.8. The van der Waals surface area contributed by atoms with Crippen molar-refractivity contribution in [3.63, 3.8) is 0 Å². The number of allylic oxidation sites excluding steroid dienone is 1. The topological polar surface area (TPSA) is 63.6 Å². The van der Waals surface area contributed by atoms with Crippen molar-refractivity contribution in [2.24, 2.45) is 56.7 Å². The predicted molar refractivity (Wildman–Crippen MR) is 207 cm³/mol. The molecule has 4 heteroatoms. The van der Waals surface area contributed by atoms with Crippen LogP contribution in [0, 0.1) is 56.7 Å². The number of hydrogen-bond acceptors (Lipinski definition) is 3. The molecule has 11 atom stereocenters. The van der Waals surface area contributed by atoms with Crippen LogP contribution in [0.3, 0.4) is 0 Å². The molecule has 5 fully saturated rings. The third-order valence-corrected chi connectivity index (χ3v) is 17.3. The highest BCUT2D eigenvalue weighted by Gasteiger charge is 2.72. The highest BCUT2D eigenvalue weighted by molar-refractivity contribution is 5.77. The second kappa shape index (κ2) is 16.0.